The van der Waals surface area contributed by atoms with Gasteiger partial charge in [-0.1, -0.05) is 42.5 Å². The molecule has 2 heteroatoms. The third-order valence-electron chi connectivity index (χ3n) is 2.94. The van der Waals surface area contributed by atoms with Crippen LogP contribution in [-0.4, -0.2) is 19.0 Å². The number of hydrogen-bond donors (Lipinski definition) is 1. The molecule has 0 spiro atoms. The second kappa shape index (κ2) is 5.69. The maximum atomic E-state index is 5.98. The molecule has 0 unspecified atom stereocenters. The molecule has 2 nitrogen and oxygen atoms in total. The standard InChI is InChI=1S/C16H20N2/c1-18(2)12-14-7-5-6-13(10-14)11-15-8-3-4-9-16(15)17/h3-10H,11-12,17H2,1-2H3. The zero-order valence-electron chi connectivity index (χ0n) is 11.1. The number of anilines is 1. The van der Waals surface area contributed by atoms with Crippen LogP contribution in [0.3, 0.4) is 0 Å². The van der Waals surface area contributed by atoms with Crippen molar-refractivity contribution < 1.29 is 0 Å². The first-order valence-electron chi connectivity index (χ1n) is 6.21. The lowest BCUT2D eigenvalue weighted by molar-refractivity contribution is 0.402. The third kappa shape index (κ3) is 3.34. The van der Waals surface area contributed by atoms with E-state index in [1.807, 2.05) is 18.2 Å². The lowest BCUT2D eigenvalue weighted by atomic mass is 10.0. The average Bonchev–Trinajstić information content (AvgIpc) is 2.32. The normalized spacial score (nSPS) is 10.8. The van der Waals surface area contributed by atoms with Gasteiger partial charge in [0, 0.05) is 12.2 Å². The second-order valence-electron chi connectivity index (χ2n) is 4.93. The van der Waals surface area contributed by atoms with Gasteiger partial charge in [0.05, 0.1) is 0 Å². The van der Waals surface area contributed by atoms with Crippen LogP contribution < -0.4 is 5.73 Å². The lowest BCUT2D eigenvalue weighted by Crippen LogP contribution is -2.10. The van der Waals surface area contributed by atoms with Gasteiger partial charge >= 0.3 is 0 Å². The van der Waals surface area contributed by atoms with Crippen molar-refractivity contribution in [1.82, 2.24) is 4.90 Å². The summed E-state index contributed by atoms with van der Waals surface area (Å²) in [5.41, 5.74) is 10.7. The van der Waals surface area contributed by atoms with Crippen LogP contribution in [0.1, 0.15) is 16.7 Å². The van der Waals surface area contributed by atoms with Gasteiger partial charge in [0.2, 0.25) is 0 Å². The Kier molecular flexibility index (Phi) is 4.00. The molecular formula is C16H20N2. The summed E-state index contributed by atoms with van der Waals surface area (Å²) >= 11 is 0. The Morgan fingerprint density at radius 3 is 2.39 bits per heavy atom. The molecule has 2 aromatic carbocycles. The van der Waals surface area contributed by atoms with Crippen molar-refractivity contribution in [3.05, 3.63) is 65.2 Å². The topological polar surface area (TPSA) is 29.3 Å². The van der Waals surface area contributed by atoms with Crippen molar-refractivity contribution in [2.45, 2.75) is 13.0 Å². The third-order valence-corrected chi connectivity index (χ3v) is 2.94. The Balaban J connectivity index is 2.17. The first kappa shape index (κ1) is 12.7. The minimum atomic E-state index is 0.871. The SMILES string of the molecule is CN(C)Cc1cccc(Cc2ccccc2N)c1. The highest BCUT2D eigenvalue weighted by Crippen LogP contribution is 2.17. The van der Waals surface area contributed by atoms with Gasteiger partial charge in [-0.25, -0.2) is 0 Å². The molecule has 0 amide bonds. The number of rotatable bonds is 4. The molecular weight excluding hydrogens is 220 g/mol. The van der Waals surface area contributed by atoms with Gasteiger partial charge in [0.1, 0.15) is 0 Å². The molecule has 0 radical (unpaired) electrons. The Hall–Kier alpha value is -1.80. The summed E-state index contributed by atoms with van der Waals surface area (Å²) in [5, 5.41) is 0. The molecule has 2 N–H and O–H groups in total. The number of benzene rings is 2. The van der Waals surface area contributed by atoms with E-state index in [0.29, 0.717) is 0 Å². The average molecular weight is 240 g/mol. The van der Waals surface area contributed by atoms with Gasteiger partial charge in [-0.3, -0.25) is 0 Å². The monoisotopic (exact) mass is 240 g/mol. The Morgan fingerprint density at radius 2 is 1.67 bits per heavy atom. The molecule has 0 saturated carbocycles. The smallest absolute Gasteiger partial charge is 0.0349 e. The van der Waals surface area contributed by atoms with Crippen molar-refractivity contribution in [3.8, 4) is 0 Å². The largest absolute Gasteiger partial charge is 0.398 e. The highest BCUT2D eigenvalue weighted by molar-refractivity contribution is 5.48. The molecule has 0 aliphatic heterocycles. The van der Waals surface area contributed by atoms with Gasteiger partial charge in [0.15, 0.2) is 0 Å². The van der Waals surface area contributed by atoms with E-state index in [2.05, 4.69) is 49.3 Å². The van der Waals surface area contributed by atoms with Crippen LogP contribution in [0.4, 0.5) is 5.69 Å². The summed E-state index contributed by atoms with van der Waals surface area (Å²) < 4.78 is 0. The fraction of sp³-hybridized carbons (Fsp3) is 0.250. The number of nitrogens with zero attached hydrogens (tertiary/aromatic N) is 1. The maximum absolute atomic E-state index is 5.98. The van der Waals surface area contributed by atoms with Crippen LogP contribution in [0.15, 0.2) is 48.5 Å². The Labute approximate surface area is 109 Å². The quantitative estimate of drug-likeness (QED) is 0.833. The number of nitrogens with two attached hydrogens (primary N) is 1. The summed E-state index contributed by atoms with van der Waals surface area (Å²) in [6, 6.07) is 16.8. The number of nitrogen functional groups attached to an aromatic ring is 1. The van der Waals surface area contributed by atoms with E-state index in [1.165, 1.54) is 16.7 Å². The van der Waals surface area contributed by atoms with Crippen LogP contribution in [-0.2, 0) is 13.0 Å². The minimum absolute atomic E-state index is 0.871. The lowest BCUT2D eigenvalue weighted by Gasteiger charge is -2.11. The van der Waals surface area contributed by atoms with Crippen molar-refractivity contribution in [2.24, 2.45) is 0 Å². The molecule has 18 heavy (non-hydrogen) atoms. The van der Waals surface area contributed by atoms with Crippen molar-refractivity contribution in [2.75, 3.05) is 19.8 Å². The fourth-order valence-corrected chi connectivity index (χ4v) is 2.12. The summed E-state index contributed by atoms with van der Waals surface area (Å²) in [6.45, 7) is 0.970. The second-order valence-corrected chi connectivity index (χ2v) is 4.93. The van der Waals surface area contributed by atoms with Crippen LogP contribution in [0.25, 0.3) is 0 Å². The number of hydrogen-bond acceptors (Lipinski definition) is 2. The van der Waals surface area contributed by atoms with Crippen LogP contribution in [0.2, 0.25) is 0 Å². The van der Waals surface area contributed by atoms with E-state index in [1.54, 1.807) is 0 Å². The molecule has 2 aromatic rings. The van der Waals surface area contributed by atoms with E-state index in [9.17, 15) is 0 Å². The van der Waals surface area contributed by atoms with Gasteiger partial charge in [0.25, 0.3) is 0 Å². The summed E-state index contributed by atoms with van der Waals surface area (Å²) in [4.78, 5) is 2.18. The molecule has 0 heterocycles. The minimum Gasteiger partial charge on any atom is -0.398 e. The molecule has 2 rings (SSSR count). The summed E-state index contributed by atoms with van der Waals surface area (Å²) in [7, 11) is 4.17. The fourth-order valence-electron chi connectivity index (χ4n) is 2.12. The summed E-state index contributed by atoms with van der Waals surface area (Å²) in [6.07, 6.45) is 0.897. The molecule has 0 atom stereocenters. The number of para-hydroxylation sites is 1. The predicted octanol–water partition coefficient (Wildman–Crippen LogP) is 2.92. The molecule has 0 aliphatic rings. The highest BCUT2D eigenvalue weighted by atomic mass is 15.0. The molecule has 0 aromatic heterocycles. The molecule has 0 bridgehead atoms. The van der Waals surface area contributed by atoms with Crippen LogP contribution in [0.5, 0.6) is 0 Å². The predicted molar refractivity (Wildman–Crippen MR) is 77.5 cm³/mol. The van der Waals surface area contributed by atoms with Gasteiger partial charge in [-0.2, -0.15) is 0 Å². The van der Waals surface area contributed by atoms with E-state index in [4.69, 9.17) is 5.73 Å². The Bertz CT molecular complexity index is 518. The van der Waals surface area contributed by atoms with Crippen molar-refractivity contribution >= 4 is 5.69 Å². The molecule has 0 saturated heterocycles. The van der Waals surface area contributed by atoms with Crippen molar-refractivity contribution in [3.63, 3.8) is 0 Å². The zero-order valence-corrected chi connectivity index (χ0v) is 11.1. The summed E-state index contributed by atoms with van der Waals surface area (Å²) in [5.74, 6) is 0. The zero-order chi connectivity index (χ0) is 13.0. The van der Waals surface area contributed by atoms with Crippen LogP contribution >= 0.6 is 0 Å². The van der Waals surface area contributed by atoms with Gasteiger partial charge in [-0.05, 0) is 43.3 Å². The van der Waals surface area contributed by atoms with Gasteiger partial charge in [-0.15, -0.1) is 0 Å². The van der Waals surface area contributed by atoms with Crippen molar-refractivity contribution in [1.29, 1.82) is 0 Å². The first-order chi connectivity index (χ1) is 8.65. The van der Waals surface area contributed by atoms with E-state index in [0.717, 1.165) is 18.7 Å². The Morgan fingerprint density at radius 1 is 0.944 bits per heavy atom. The van der Waals surface area contributed by atoms with E-state index < -0.39 is 0 Å². The molecule has 0 fully saturated rings. The first-order valence-corrected chi connectivity index (χ1v) is 6.21. The maximum Gasteiger partial charge on any atom is 0.0349 e. The highest BCUT2D eigenvalue weighted by Gasteiger charge is 2.02. The van der Waals surface area contributed by atoms with E-state index >= 15 is 0 Å². The van der Waals surface area contributed by atoms with Crippen LogP contribution in [0, 0.1) is 0 Å². The van der Waals surface area contributed by atoms with Gasteiger partial charge < -0.3 is 10.6 Å². The van der Waals surface area contributed by atoms with E-state index in [-0.39, 0.29) is 0 Å². The molecule has 94 valence electrons. The molecule has 0 aliphatic carbocycles.